The van der Waals surface area contributed by atoms with Gasteiger partial charge in [0.1, 0.15) is 5.82 Å². The van der Waals surface area contributed by atoms with Crippen LogP contribution in [0.4, 0.5) is 5.69 Å². The Morgan fingerprint density at radius 3 is 2.75 bits per heavy atom. The van der Waals surface area contributed by atoms with Crippen molar-refractivity contribution in [3.8, 4) is 0 Å². The molecule has 2 N–H and O–H groups in total. The second kappa shape index (κ2) is 7.91. The van der Waals surface area contributed by atoms with Crippen molar-refractivity contribution in [1.82, 2.24) is 14.9 Å². The number of carbonyl (C=O) groups excluding carboxylic acids is 2. The summed E-state index contributed by atoms with van der Waals surface area (Å²) in [6.45, 7) is 8.91. The number of imidazole rings is 1. The van der Waals surface area contributed by atoms with Gasteiger partial charge >= 0.3 is 11.8 Å². The molecule has 0 radical (unpaired) electrons. The molecule has 7 nitrogen and oxygen atoms in total. The minimum absolute atomic E-state index is 0.0710. The van der Waals surface area contributed by atoms with Crippen LogP contribution in [0.1, 0.15) is 45.9 Å². The molecule has 2 aromatic rings. The van der Waals surface area contributed by atoms with Gasteiger partial charge in [0.2, 0.25) is 0 Å². The number of benzene rings is 1. The Morgan fingerprint density at radius 2 is 2.07 bits per heavy atom. The zero-order valence-corrected chi connectivity index (χ0v) is 17.3. The monoisotopic (exact) mass is 386 g/mol. The largest absolute Gasteiger partial charge is 0.378 e. The topological polar surface area (TPSA) is 85.2 Å². The molecule has 1 aliphatic rings. The van der Waals surface area contributed by atoms with E-state index in [-0.39, 0.29) is 17.6 Å². The molecule has 0 aliphatic heterocycles. The van der Waals surface area contributed by atoms with Gasteiger partial charge < -0.3 is 19.9 Å². The van der Waals surface area contributed by atoms with Crippen LogP contribution in [-0.2, 0) is 21.4 Å². The van der Waals surface area contributed by atoms with Crippen molar-refractivity contribution in [2.45, 2.75) is 59.1 Å². The molecule has 1 aliphatic carbocycles. The minimum atomic E-state index is -0.668. The molecule has 1 fully saturated rings. The second-order valence-electron chi connectivity index (χ2n) is 8.17. The highest BCUT2D eigenvalue weighted by molar-refractivity contribution is 6.39. The van der Waals surface area contributed by atoms with E-state index in [4.69, 9.17) is 4.74 Å². The van der Waals surface area contributed by atoms with Gasteiger partial charge in [0.05, 0.1) is 17.1 Å². The Morgan fingerprint density at radius 1 is 1.32 bits per heavy atom. The Bertz CT molecular complexity index is 887. The van der Waals surface area contributed by atoms with Crippen LogP contribution in [0.25, 0.3) is 11.0 Å². The number of nitrogens with one attached hydrogen (secondary N) is 2. The molecule has 0 spiro atoms. The maximum absolute atomic E-state index is 12.3. The molecule has 1 saturated carbocycles. The Balaban J connectivity index is 1.56. The molecule has 1 aromatic heterocycles. The number of hydrogen-bond donors (Lipinski definition) is 2. The molecule has 1 heterocycles. The van der Waals surface area contributed by atoms with Gasteiger partial charge in [0.25, 0.3) is 0 Å². The van der Waals surface area contributed by atoms with E-state index in [2.05, 4.69) is 36.4 Å². The first-order chi connectivity index (χ1) is 13.2. The van der Waals surface area contributed by atoms with Gasteiger partial charge in [-0.15, -0.1) is 0 Å². The number of unbranched alkanes of at least 4 members (excludes halogenated alkanes) is 1. The van der Waals surface area contributed by atoms with Crippen molar-refractivity contribution >= 4 is 28.5 Å². The van der Waals surface area contributed by atoms with Gasteiger partial charge in [0, 0.05) is 30.8 Å². The fraction of sp³-hybridized carbons (Fsp3) is 0.571. The lowest BCUT2D eigenvalue weighted by Gasteiger charge is -2.51. The van der Waals surface area contributed by atoms with E-state index in [0.717, 1.165) is 42.7 Å². The zero-order chi connectivity index (χ0) is 20.5. The van der Waals surface area contributed by atoms with E-state index < -0.39 is 11.8 Å². The Labute approximate surface area is 165 Å². The van der Waals surface area contributed by atoms with Crippen LogP contribution >= 0.6 is 0 Å². The summed E-state index contributed by atoms with van der Waals surface area (Å²) in [6.07, 6.45) is 2.97. The van der Waals surface area contributed by atoms with Gasteiger partial charge in [-0.25, -0.2) is 4.98 Å². The molecular formula is C21H30N4O3. The third-order valence-electron chi connectivity index (χ3n) is 5.87. The van der Waals surface area contributed by atoms with E-state index in [0.29, 0.717) is 5.69 Å². The molecular weight excluding hydrogens is 356 g/mol. The summed E-state index contributed by atoms with van der Waals surface area (Å²) in [5.41, 5.74) is 2.13. The number of aromatic nitrogens is 2. The lowest BCUT2D eigenvalue weighted by Crippen LogP contribution is -2.63. The summed E-state index contributed by atoms with van der Waals surface area (Å²) in [4.78, 5) is 29.1. The van der Waals surface area contributed by atoms with Gasteiger partial charge in [-0.05, 0) is 38.0 Å². The maximum Gasteiger partial charge on any atom is 0.313 e. The van der Waals surface area contributed by atoms with Crippen LogP contribution < -0.4 is 10.6 Å². The van der Waals surface area contributed by atoms with Crippen molar-refractivity contribution < 1.29 is 14.3 Å². The van der Waals surface area contributed by atoms with Gasteiger partial charge in [-0.1, -0.05) is 27.2 Å². The fourth-order valence-corrected chi connectivity index (χ4v) is 3.59. The quantitative estimate of drug-likeness (QED) is 0.590. The molecule has 28 heavy (non-hydrogen) atoms. The molecule has 1 aromatic carbocycles. The molecule has 0 unspecified atom stereocenters. The van der Waals surface area contributed by atoms with Crippen molar-refractivity contribution in [3.63, 3.8) is 0 Å². The highest BCUT2D eigenvalue weighted by Crippen LogP contribution is 2.42. The predicted octanol–water partition coefficient (Wildman–Crippen LogP) is 2.92. The standard InChI is InChI=1S/C21H30N4O3/c1-6-7-10-28-18-12-17(21(18,3)4)24-20(27)19(26)23-14-8-9-16-15(11-14)22-13(2)25(16)5/h8-9,11,17-18H,6-7,10,12H2,1-5H3,(H,23,26)(H,24,27)/t17-,18-/m1/s1. The van der Waals surface area contributed by atoms with Gasteiger partial charge in [-0.3, -0.25) is 9.59 Å². The van der Waals surface area contributed by atoms with Crippen LogP contribution in [0.15, 0.2) is 18.2 Å². The smallest absolute Gasteiger partial charge is 0.313 e. The summed E-state index contributed by atoms with van der Waals surface area (Å²) in [7, 11) is 1.94. The highest BCUT2D eigenvalue weighted by atomic mass is 16.5. The van der Waals surface area contributed by atoms with Gasteiger partial charge in [-0.2, -0.15) is 0 Å². The summed E-state index contributed by atoms with van der Waals surface area (Å²) in [5, 5.41) is 5.51. The fourth-order valence-electron chi connectivity index (χ4n) is 3.59. The normalized spacial score (nSPS) is 20.6. The van der Waals surface area contributed by atoms with Crippen molar-refractivity contribution in [2.24, 2.45) is 12.5 Å². The number of rotatable bonds is 6. The van der Waals surface area contributed by atoms with E-state index in [1.165, 1.54) is 0 Å². The first kappa shape index (κ1) is 20.3. The Hall–Kier alpha value is -2.41. The number of nitrogens with zero attached hydrogens (tertiary/aromatic N) is 2. The number of amides is 2. The van der Waals surface area contributed by atoms with Gasteiger partial charge in [0.15, 0.2) is 0 Å². The number of carbonyl (C=O) groups is 2. The summed E-state index contributed by atoms with van der Waals surface area (Å²) in [5.74, 6) is -0.403. The zero-order valence-electron chi connectivity index (χ0n) is 17.3. The predicted molar refractivity (Wildman–Crippen MR) is 109 cm³/mol. The molecule has 0 bridgehead atoms. The summed E-state index contributed by atoms with van der Waals surface area (Å²) >= 11 is 0. The molecule has 3 rings (SSSR count). The summed E-state index contributed by atoms with van der Waals surface area (Å²) in [6, 6.07) is 5.37. The van der Waals surface area contributed by atoms with Crippen LogP contribution in [0, 0.1) is 12.3 Å². The van der Waals surface area contributed by atoms with Crippen LogP contribution in [0.3, 0.4) is 0 Å². The first-order valence-electron chi connectivity index (χ1n) is 9.90. The lowest BCUT2D eigenvalue weighted by atomic mass is 9.64. The molecule has 7 heteroatoms. The van der Waals surface area contributed by atoms with Crippen LogP contribution in [0.2, 0.25) is 0 Å². The number of ether oxygens (including phenoxy) is 1. The number of anilines is 1. The van der Waals surface area contributed by atoms with Crippen molar-refractivity contribution in [1.29, 1.82) is 0 Å². The van der Waals surface area contributed by atoms with E-state index >= 15 is 0 Å². The SMILES string of the molecule is CCCCO[C@@H]1C[C@@H](NC(=O)C(=O)Nc2ccc3c(c2)nc(C)n3C)C1(C)C. The number of hydrogen-bond acceptors (Lipinski definition) is 4. The third-order valence-corrected chi connectivity index (χ3v) is 5.87. The third kappa shape index (κ3) is 3.90. The maximum atomic E-state index is 12.3. The van der Waals surface area contributed by atoms with Crippen molar-refractivity contribution in [2.75, 3.05) is 11.9 Å². The molecule has 2 amide bonds. The van der Waals surface area contributed by atoms with Crippen molar-refractivity contribution in [3.05, 3.63) is 24.0 Å². The highest BCUT2D eigenvalue weighted by Gasteiger charge is 2.50. The number of fused-ring (bicyclic) bond motifs is 1. The Kier molecular flexibility index (Phi) is 5.74. The summed E-state index contributed by atoms with van der Waals surface area (Å²) < 4.78 is 7.87. The number of aryl methyl sites for hydroxylation is 2. The molecule has 0 saturated heterocycles. The molecule has 2 atom stereocenters. The first-order valence-corrected chi connectivity index (χ1v) is 9.90. The van der Waals surface area contributed by atoms with Crippen LogP contribution in [0.5, 0.6) is 0 Å². The molecule has 152 valence electrons. The minimum Gasteiger partial charge on any atom is -0.378 e. The van der Waals surface area contributed by atoms with E-state index in [1.807, 2.05) is 24.6 Å². The second-order valence-corrected chi connectivity index (χ2v) is 8.17. The lowest BCUT2D eigenvalue weighted by molar-refractivity contribution is -0.145. The average Bonchev–Trinajstić information content (AvgIpc) is 2.93. The average molecular weight is 386 g/mol. The van der Waals surface area contributed by atoms with E-state index in [1.54, 1.807) is 12.1 Å². The van der Waals surface area contributed by atoms with Crippen LogP contribution in [-0.4, -0.2) is 40.1 Å². The van der Waals surface area contributed by atoms with E-state index in [9.17, 15) is 9.59 Å².